The first-order valence-corrected chi connectivity index (χ1v) is 4.91. The molecular formula is C11H8ClNO3. The standard InChI is InChI=1S/C11H8ClNO3/c1-16-7-4-2-3-6(5-7)8-9(12)11(15)13-10(8)14/h2-5H,1H3,(H,13,14,15). The van der Waals surface area contributed by atoms with Gasteiger partial charge in [-0.2, -0.15) is 0 Å². The van der Waals surface area contributed by atoms with E-state index in [9.17, 15) is 9.59 Å². The molecule has 0 unspecified atom stereocenters. The van der Waals surface area contributed by atoms with Gasteiger partial charge in [-0.05, 0) is 17.7 Å². The van der Waals surface area contributed by atoms with Crippen LogP contribution in [0.3, 0.4) is 0 Å². The highest BCUT2D eigenvalue weighted by Crippen LogP contribution is 2.28. The van der Waals surface area contributed by atoms with Crippen molar-refractivity contribution in [2.24, 2.45) is 0 Å². The fourth-order valence-electron chi connectivity index (χ4n) is 1.47. The smallest absolute Gasteiger partial charge is 0.270 e. The van der Waals surface area contributed by atoms with Gasteiger partial charge in [-0.25, -0.2) is 0 Å². The van der Waals surface area contributed by atoms with Gasteiger partial charge >= 0.3 is 0 Å². The van der Waals surface area contributed by atoms with E-state index >= 15 is 0 Å². The highest BCUT2D eigenvalue weighted by molar-refractivity contribution is 6.55. The third kappa shape index (κ3) is 1.67. The predicted molar refractivity (Wildman–Crippen MR) is 58.9 cm³/mol. The lowest BCUT2D eigenvalue weighted by Gasteiger charge is -2.03. The zero-order chi connectivity index (χ0) is 11.7. The van der Waals surface area contributed by atoms with Crippen molar-refractivity contribution in [2.75, 3.05) is 7.11 Å². The maximum absolute atomic E-state index is 11.5. The van der Waals surface area contributed by atoms with E-state index < -0.39 is 11.8 Å². The number of carbonyl (C=O) groups excluding carboxylic acids is 2. The van der Waals surface area contributed by atoms with Crippen LogP contribution in [0.25, 0.3) is 5.57 Å². The van der Waals surface area contributed by atoms with Crippen LogP contribution in [0.5, 0.6) is 5.75 Å². The number of nitrogens with one attached hydrogen (secondary N) is 1. The Hall–Kier alpha value is -1.81. The normalized spacial score (nSPS) is 15.4. The summed E-state index contributed by atoms with van der Waals surface area (Å²) in [7, 11) is 1.52. The lowest BCUT2D eigenvalue weighted by molar-refractivity contribution is -0.123. The van der Waals surface area contributed by atoms with Crippen molar-refractivity contribution in [3.8, 4) is 5.75 Å². The summed E-state index contributed by atoms with van der Waals surface area (Å²) in [6.07, 6.45) is 0. The average molecular weight is 238 g/mol. The Morgan fingerprint density at radius 3 is 2.56 bits per heavy atom. The lowest BCUT2D eigenvalue weighted by atomic mass is 10.1. The molecule has 0 spiro atoms. The van der Waals surface area contributed by atoms with Crippen molar-refractivity contribution in [1.29, 1.82) is 0 Å². The minimum Gasteiger partial charge on any atom is -0.497 e. The van der Waals surface area contributed by atoms with Crippen molar-refractivity contribution in [2.45, 2.75) is 0 Å². The highest BCUT2D eigenvalue weighted by atomic mass is 35.5. The fraction of sp³-hybridized carbons (Fsp3) is 0.0909. The molecule has 0 saturated heterocycles. The molecule has 1 N–H and O–H groups in total. The second-order valence-electron chi connectivity index (χ2n) is 3.20. The van der Waals surface area contributed by atoms with Gasteiger partial charge in [0, 0.05) is 0 Å². The van der Waals surface area contributed by atoms with Crippen LogP contribution in [0, 0.1) is 0 Å². The van der Waals surface area contributed by atoms with Gasteiger partial charge in [0.2, 0.25) is 0 Å². The summed E-state index contributed by atoms with van der Waals surface area (Å²) >= 11 is 5.76. The van der Waals surface area contributed by atoms with Crippen LogP contribution in [-0.2, 0) is 9.59 Å². The number of methoxy groups -OCH3 is 1. The van der Waals surface area contributed by atoms with E-state index in [4.69, 9.17) is 16.3 Å². The molecule has 82 valence electrons. The Balaban J connectivity index is 2.51. The number of imide groups is 1. The van der Waals surface area contributed by atoms with Crippen molar-refractivity contribution < 1.29 is 14.3 Å². The zero-order valence-corrected chi connectivity index (χ0v) is 9.17. The van der Waals surface area contributed by atoms with Gasteiger partial charge in [-0.15, -0.1) is 0 Å². The van der Waals surface area contributed by atoms with E-state index in [1.165, 1.54) is 7.11 Å². The molecule has 5 heteroatoms. The van der Waals surface area contributed by atoms with Crippen LogP contribution >= 0.6 is 11.6 Å². The van der Waals surface area contributed by atoms with Crippen molar-refractivity contribution in [3.05, 3.63) is 34.9 Å². The highest BCUT2D eigenvalue weighted by Gasteiger charge is 2.29. The average Bonchev–Trinajstić information content (AvgIpc) is 2.53. The van der Waals surface area contributed by atoms with E-state index in [0.29, 0.717) is 11.3 Å². The van der Waals surface area contributed by atoms with Crippen molar-refractivity contribution in [3.63, 3.8) is 0 Å². The molecule has 1 heterocycles. The van der Waals surface area contributed by atoms with Crippen molar-refractivity contribution >= 4 is 29.0 Å². The maximum Gasteiger partial charge on any atom is 0.270 e. The molecule has 1 aromatic carbocycles. The summed E-state index contributed by atoms with van der Waals surface area (Å²) < 4.78 is 5.03. The Morgan fingerprint density at radius 1 is 1.25 bits per heavy atom. The van der Waals surface area contributed by atoms with Gasteiger partial charge in [0.1, 0.15) is 10.8 Å². The molecule has 0 aliphatic carbocycles. The molecule has 1 aromatic rings. The summed E-state index contributed by atoms with van der Waals surface area (Å²) in [5, 5.41) is 2.04. The molecule has 2 amide bonds. The Kier molecular flexibility index (Phi) is 2.66. The van der Waals surface area contributed by atoms with Crippen LogP contribution < -0.4 is 10.1 Å². The molecule has 0 radical (unpaired) electrons. The number of ether oxygens (including phenoxy) is 1. The van der Waals surface area contributed by atoms with Crippen molar-refractivity contribution in [1.82, 2.24) is 5.32 Å². The minimum atomic E-state index is -0.565. The van der Waals surface area contributed by atoms with E-state index in [-0.39, 0.29) is 10.6 Å². The Morgan fingerprint density at radius 2 is 2.00 bits per heavy atom. The van der Waals surface area contributed by atoms with E-state index in [2.05, 4.69) is 5.32 Å². The number of rotatable bonds is 2. The number of carbonyl (C=O) groups is 2. The molecule has 1 aliphatic rings. The fourth-order valence-corrected chi connectivity index (χ4v) is 1.71. The van der Waals surface area contributed by atoms with Crippen LogP contribution in [0.4, 0.5) is 0 Å². The molecule has 0 aromatic heterocycles. The first-order chi connectivity index (χ1) is 7.63. The van der Waals surface area contributed by atoms with Gasteiger partial charge in [-0.3, -0.25) is 14.9 Å². The molecule has 16 heavy (non-hydrogen) atoms. The minimum absolute atomic E-state index is 0.0850. The number of hydrogen-bond donors (Lipinski definition) is 1. The first kappa shape index (κ1) is 10.7. The number of halogens is 1. The van der Waals surface area contributed by atoms with E-state index in [1.54, 1.807) is 24.3 Å². The Bertz CT molecular complexity index is 508. The van der Waals surface area contributed by atoms with Crippen LogP contribution in [0.15, 0.2) is 29.3 Å². The summed E-state index contributed by atoms with van der Waals surface area (Å²) in [6.45, 7) is 0. The van der Waals surface area contributed by atoms with Crippen LogP contribution in [-0.4, -0.2) is 18.9 Å². The lowest BCUT2D eigenvalue weighted by Crippen LogP contribution is -2.22. The maximum atomic E-state index is 11.5. The number of hydrogen-bond acceptors (Lipinski definition) is 3. The molecule has 2 rings (SSSR count). The first-order valence-electron chi connectivity index (χ1n) is 4.53. The number of benzene rings is 1. The van der Waals surface area contributed by atoms with Gasteiger partial charge in [0.25, 0.3) is 11.8 Å². The molecule has 0 fully saturated rings. The SMILES string of the molecule is COc1cccc(C2=C(Cl)C(=O)NC2=O)c1. The molecule has 1 aliphatic heterocycles. The molecule has 0 bridgehead atoms. The quantitative estimate of drug-likeness (QED) is 0.789. The van der Waals surface area contributed by atoms with Gasteiger partial charge in [0.05, 0.1) is 12.7 Å². The monoisotopic (exact) mass is 237 g/mol. The zero-order valence-electron chi connectivity index (χ0n) is 8.41. The second-order valence-corrected chi connectivity index (χ2v) is 3.58. The summed E-state index contributed by atoms with van der Waals surface area (Å²) in [4.78, 5) is 22.6. The summed E-state index contributed by atoms with van der Waals surface area (Å²) in [5.41, 5.74) is 0.748. The van der Waals surface area contributed by atoms with E-state index in [1.807, 2.05) is 0 Å². The molecule has 4 nitrogen and oxygen atoms in total. The van der Waals surface area contributed by atoms with Crippen LogP contribution in [0.1, 0.15) is 5.56 Å². The number of amides is 2. The molecule has 0 atom stereocenters. The van der Waals surface area contributed by atoms with Gasteiger partial charge in [-0.1, -0.05) is 23.7 Å². The van der Waals surface area contributed by atoms with Gasteiger partial charge < -0.3 is 4.74 Å². The third-order valence-electron chi connectivity index (χ3n) is 2.23. The summed E-state index contributed by atoms with van der Waals surface area (Å²) in [6, 6.07) is 6.81. The molecule has 0 saturated carbocycles. The van der Waals surface area contributed by atoms with E-state index in [0.717, 1.165) is 0 Å². The van der Waals surface area contributed by atoms with Crippen LogP contribution in [0.2, 0.25) is 0 Å². The summed E-state index contributed by atoms with van der Waals surface area (Å²) in [5.74, 6) is -0.450. The molecular weight excluding hydrogens is 230 g/mol. The topological polar surface area (TPSA) is 55.4 Å². The third-order valence-corrected chi connectivity index (χ3v) is 2.59. The Labute approximate surface area is 96.9 Å². The van der Waals surface area contributed by atoms with Gasteiger partial charge in [0.15, 0.2) is 0 Å². The predicted octanol–water partition coefficient (Wildman–Crippen LogP) is 1.30. The second kappa shape index (κ2) is 3.98. The largest absolute Gasteiger partial charge is 0.497 e.